The summed E-state index contributed by atoms with van der Waals surface area (Å²) in [5.41, 5.74) is 0.393. The highest BCUT2D eigenvalue weighted by atomic mass is 79.9. The van der Waals surface area contributed by atoms with Crippen molar-refractivity contribution < 1.29 is 10.0 Å². The summed E-state index contributed by atoms with van der Waals surface area (Å²) >= 11 is 3.26. The molecule has 0 spiro atoms. The minimum atomic E-state index is -0.552. The Bertz CT molecular complexity index is 516. The average Bonchev–Trinajstić information content (AvgIpc) is 2.44. The summed E-state index contributed by atoms with van der Waals surface area (Å²) in [7, 11) is 2.12. The Morgan fingerprint density at radius 2 is 2.00 bits per heavy atom. The van der Waals surface area contributed by atoms with Crippen molar-refractivity contribution in [3.05, 3.63) is 32.3 Å². The molecule has 0 unspecified atom stereocenters. The smallest absolute Gasteiger partial charge is 0.312 e. The van der Waals surface area contributed by atoms with Gasteiger partial charge >= 0.3 is 5.69 Å². The largest absolute Gasteiger partial charge is 0.502 e. The molecule has 1 aromatic rings. The van der Waals surface area contributed by atoms with E-state index >= 15 is 0 Å². The number of nitro groups is 1. The predicted octanol–water partition coefficient (Wildman–Crippen LogP) is 2.24. The zero-order chi connectivity index (χ0) is 15.4. The van der Waals surface area contributed by atoms with Crippen molar-refractivity contribution in [1.82, 2.24) is 9.80 Å². The van der Waals surface area contributed by atoms with Crippen LogP contribution in [0.2, 0.25) is 0 Å². The van der Waals surface area contributed by atoms with Gasteiger partial charge in [0, 0.05) is 42.3 Å². The molecule has 1 aliphatic heterocycles. The average molecular weight is 358 g/mol. The maximum Gasteiger partial charge on any atom is 0.312 e. The van der Waals surface area contributed by atoms with E-state index in [0.29, 0.717) is 16.5 Å². The Kier molecular flexibility index (Phi) is 5.55. The van der Waals surface area contributed by atoms with Crippen LogP contribution < -0.4 is 0 Å². The topological polar surface area (TPSA) is 69.9 Å². The van der Waals surface area contributed by atoms with E-state index in [-0.39, 0.29) is 11.4 Å². The van der Waals surface area contributed by atoms with Crippen molar-refractivity contribution in [2.75, 3.05) is 39.8 Å². The molecule has 1 aliphatic rings. The Balaban J connectivity index is 1.92. The molecule has 0 aliphatic carbocycles. The van der Waals surface area contributed by atoms with Crippen molar-refractivity contribution in [2.45, 2.75) is 12.8 Å². The second-order valence-corrected chi connectivity index (χ2v) is 6.35. The maximum atomic E-state index is 10.9. The molecule has 0 saturated carbocycles. The number of hydrogen-bond donors (Lipinski definition) is 1. The number of phenolic OH excluding ortho intramolecular Hbond substituents is 1. The zero-order valence-corrected chi connectivity index (χ0v) is 13.7. The van der Waals surface area contributed by atoms with E-state index in [1.807, 2.05) is 0 Å². The second kappa shape index (κ2) is 7.20. The molecule has 0 atom stereocenters. The Labute approximate surface area is 132 Å². The van der Waals surface area contributed by atoms with Gasteiger partial charge in [0.2, 0.25) is 0 Å². The van der Waals surface area contributed by atoms with Gasteiger partial charge < -0.3 is 14.9 Å². The summed E-state index contributed by atoms with van der Waals surface area (Å²) in [5.74, 6) is -0.207. The fourth-order valence-electron chi connectivity index (χ4n) is 2.53. The summed E-state index contributed by atoms with van der Waals surface area (Å²) in [6, 6.07) is 3.09. The van der Waals surface area contributed by atoms with Gasteiger partial charge in [0.1, 0.15) is 0 Å². The van der Waals surface area contributed by atoms with Crippen LogP contribution in [0.15, 0.2) is 16.6 Å². The summed E-state index contributed by atoms with van der Waals surface area (Å²) in [4.78, 5) is 15.0. The van der Waals surface area contributed by atoms with Gasteiger partial charge in [-0.3, -0.25) is 10.1 Å². The number of phenols is 1. The van der Waals surface area contributed by atoms with Gasteiger partial charge in [-0.05, 0) is 32.5 Å². The number of nitrogens with zero attached hydrogens (tertiary/aromatic N) is 3. The Hall–Kier alpha value is -1.18. The minimum absolute atomic E-state index is 0.207. The van der Waals surface area contributed by atoms with E-state index < -0.39 is 4.92 Å². The zero-order valence-electron chi connectivity index (χ0n) is 12.1. The van der Waals surface area contributed by atoms with Crippen molar-refractivity contribution in [1.29, 1.82) is 0 Å². The first kappa shape index (κ1) is 16.2. The fraction of sp³-hybridized carbons (Fsp3) is 0.571. The van der Waals surface area contributed by atoms with Crippen LogP contribution in [0.5, 0.6) is 5.75 Å². The fourth-order valence-corrected chi connectivity index (χ4v) is 3.03. The highest BCUT2D eigenvalue weighted by molar-refractivity contribution is 9.10. The predicted molar refractivity (Wildman–Crippen MR) is 84.7 cm³/mol. The molecular weight excluding hydrogens is 338 g/mol. The molecule has 0 aromatic heterocycles. The first-order valence-corrected chi connectivity index (χ1v) is 7.83. The number of benzene rings is 1. The minimum Gasteiger partial charge on any atom is -0.502 e. The molecule has 0 bridgehead atoms. The molecule has 116 valence electrons. The van der Waals surface area contributed by atoms with Crippen molar-refractivity contribution in [3.63, 3.8) is 0 Å². The van der Waals surface area contributed by atoms with Gasteiger partial charge in [-0.15, -0.1) is 0 Å². The third-order valence-corrected chi connectivity index (χ3v) is 4.30. The number of halogens is 1. The van der Waals surface area contributed by atoms with Crippen molar-refractivity contribution >= 4 is 21.6 Å². The molecular formula is C14H20BrN3O3. The lowest BCUT2D eigenvalue weighted by Crippen LogP contribution is -2.44. The van der Waals surface area contributed by atoms with Crippen LogP contribution in [0.4, 0.5) is 5.69 Å². The second-order valence-electron chi connectivity index (χ2n) is 5.44. The van der Waals surface area contributed by atoms with Crippen LogP contribution >= 0.6 is 15.9 Å². The summed E-state index contributed by atoms with van der Waals surface area (Å²) in [6.07, 6.45) is 1.52. The van der Waals surface area contributed by atoms with Crippen LogP contribution in [0, 0.1) is 10.1 Å². The highest BCUT2D eigenvalue weighted by Crippen LogP contribution is 2.34. The number of piperazine rings is 1. The quantitative estimate of drug-likeness (QED) is 0.646. The first-order valence-electron chi connectivity index (χ1n) is 7.04. The SMILES string of the molecule is CN1CCN(CCCc2cc(Br)cc([N+](=O)[O-])c2O)CC1. The van der Waals surface area contributed by atoms with E-state index in [1.165, 1.54) is 6.07 Å². The highest BCUT2D eigenvalue weighted by Gasteiger charge is 2.19. The molecule has 2 rings (SSSR count). The number of likely N-dealkylation sites (N-methyl/N-ethyl adjacent to an activating group) is 1. The van der Waals surface area contributed by atoms with Gasteiger partial charge in [0.25, 0.3) is 0 Å². The third kappa shape index (κ3) is 4.39. The van der Waals surface area contributed by atoms with E-state index in [2.05, 4.69) is 32.8 Å². The summed E-state index contributed by atoms with van der Waals surface area (Å²) in [6.45, 7) is 5.22. The van der Waals surface area contributed by atoms with Crippen LogP contribution in [0.1, 0.15) is 12.0 Å². The van der Waals surface area contributed by atoms with E-state index in [1.54, 1.807) is 6.07 Å². The summed E-state index contributed by atoms with van der Waals surface area (Å²) in [5, 5.41) is 20.9. The first-order chi connectivity index (χ1) is 9.97. The maximum absolute atomic E-state index is 10.9. The molecule has 6 nitrogen and oxygen atoms in total. The molecule has 0 radical (unpaired) electrons. The number of hydrogen-bond acceptors (Lipinski definition) is 5. The molecule has 1 saturated heterocycles. The van der Waals surface area contributed by atoms with Crippen LogP contribution in [-0.2, 0) is 6.42 Å². The van der Waals surface area contributed by atoms with Gasteiger partial charge in [-0.2, -0.15) is 0 Å². The molecule has 1 heterocycles. The number of aryl methyl sites for hydroxylation is 1. The lowest BCUT2D eigenvalue weighted by molar-refractivity contribution is -0.386. The molecule has 1 N–H and O–H groups in total. The van der Waals surface area contributed by atoms with Crippen LogP contribution in [0.3, 0.4) is 0 Å². The van der Waals surface area contributed by atoms with E-state index in [4.69, 9.17) is 0 Å². The summed E-state index contributed by atoms with van der Waals surface area (Å²) < 4.78 is 0.626. The standard InChI is InChI=1S/C14H20BrN3O3/c1-16-5-7-17(8-6-16)4-2-3-11-9-12(15)10-13(14(11)19)18(20)21/h9-10,19H,2-8H2,1H3. The number of rotatable bonds is 5. The van der Waals surface area contributed by atoms with Crippen molar-refractivity contribution in [2.24, 2.45) is 0 Å². The third-order valence-electron chi connectivity index (χ3n) is 3.85. The molecule has 1 fully saturated rings. The van der Waals surface area contributed by atoms with E-state index in [0.717, 1.165) is 39.1 Å². The lowest BCUT2D eigenvalue weighted by atomic mass is 10.1. The normalized spacial score (nSPS) is 17.0. The van der Waals surface area contributed by atoms with Gasteiger partial charge in [0.15, 0.2) is 5.75 Å². The lowest BCUT2D eigenvalue weighted by Gasteiger charge is -2.32. The molecule has 0 amide bonds. The van der Waals surface area contributed by atoms with Crippen LogP contribution in [0.25, 0.3) is 0 Å². The monoisotopic (exact) mass is 357 g/mol. The Morgan fingerprint density at radius 3 is 2.62 bits per heavy atom. The van der Waals surface area contributed by atoms with Crippen LogP contribution in [-0.4, -0.2) is 59.6 Å². The van der Waals surface area contributed by atoms with E-state index in [9.17, 15) is 15.2 Å². The molecule has 1 aromatic carbocycles. The molecule has 21 heavy (non-hydrogen) atoms. The molecule has 7 heteroatoms. The Morgan fingerprint density at radius 1 is 1.33 bits per heavy atom. The van der Waals surface area contributed by atoms with Gasteiger partial charge in [-0.25, -0.2) is 0 Å². The van der Waals surface area contributed by atoms with Crippen molar-refractivity contribution in [3.8, 4) is 5.75 Å². The van der Waals surface area contributed by atoms with Gasteiger partial charge in [0.05, 0.1) is 4.92 Å². The number of nitro benzene ring substituents is 1. The van der Waals surface area contributed by atoms with Gasteiger partial charge in [-0.1, -0.05) is 15.9 Å². The number of aromatic hydroxyl groups is 1.